The van der Waals surface area contributed by atoms with Gasteiger partial charge in [-0.05, 0) is 48.2 Å². The summed E-state index contributed by atoms with van der Waals surface area (Å²) in [6.45, 7) is 2.70. The van der Waals surface area contributed by atoms with Gasteiger partial charge in [-0.15, -0.1) is 0 Å². The number of carbonyl (C=O) groups is 1. The number of aromatic nitrogens is 1. The van der Waals surface area contributed by atoms with Crippen LogP contribution in [0, 0.1) is 5.82 Å². The lowest BCUT2D eigenvalue weighted by Crippen LogP contribution is -2.56. The molecule has 0 spiro atoms. The second-order valence-electron chi connectivity index (χ2n) is 6.87. The van der Waals surface area contributed by atoms with Gasteiger partial charge in [0.25, 0.3) is 0 Å². The highest BCUT2D eigenvalue weighted by molar-refractivity contribution is 5.89. The van der Waals surface area contributed by atoms with E-state index in [-0.39, 0.29) is 11.7 Å². The minimum Gasteiger partial charge on any atom is -0.356 e. The second kappa shape index (κ2) is 4.47. The molecule has 2 aromatic carbocycles. The van der Waals surface area contributed by atoms with E-state index in [0.717, 1.165) is 28.8 Å². The summed E-state index contributed by atoms with van der Waals surface area (Å²) in [5.74, 6) is -0.145. The number of amides is 1. The summed E-state index contributed by atoms with van der Waals surface area (Å²) in [4.78, 5) is 18.2. The number of H-pyrrole nitrogens is 1. The minimum absolute atomic E-state index is 0.112. The molecule has 0 saturated heterocycles. The molecule has 3 nitrogen and oxygen atoms in total. The molecular formula is C20H17FN2O. The Labute approximate surface area is 139 Å². The third kappa shape index (κ3) is 1.58. The van der Waals surface area contributed by atoms with Gasteiger partial charge in [0.15, 0.2) is 0 Å². The Kier molecular flexibility index (Phi) is 2.57. The number of aromatic amines is 1. The molecule has 1 atom stereocenters. The van der Waals surface area contributed by atoms with E-state index in [2.05, 4.69) is 17.1 Å². The summed E-state index contributed by atoms with van der Waals surface area (Å²) >= 11 is 0. The molecule has 0 fully saturated rings. The van der Waals surface area contributed by atoms with Crippen LogP contribution >= 0.6 is 0 Å². The maximum Gasteiger partial charge on any atom is 0.228 e. The lowest BCUT2D eigenvalue weighted by atomic mass is 9.75. The zero-order valence-electron chi connectivity index (χ0n) is 13.4. The molecule has 4 heteroatoms. The van der Waals surface area contributed by atoms with Gasteiger partial charge in [-0.3, -0.25) is 4.79 Å². The first-order valence-electron chi connectivity index (χ1n) is 8.28. The lowest BCUT2D eigenvalue weighted by Gasteiger charge is -2.48. The van der Waals surface area contributed by atoms with Gasteiger partial charge in [0.2, 0.25) is 5.91 Å². The molecule has 0 aliphatic carbocycles. The fraction of sp³-hybridized carbons (Fsp3) is 0.250. The number of carbonyl (C=O) groups excluding carboxylic acids is 1. The molecule has 1 aromatic heterocycles. The SMILES string of the molecule is CC12c3cc(F)ccc3CC(=O)N1CCc1c2[nH]c2ccccc12. The van der Waals surface area contributed by atoms with Crippen molar-refractivity contribution in [3.8, 4) is 0 Å². The van der Waals surface area contributed by atoms with Gasteiger partial charge in [-0.2, -0.15) is 0 Å². The average molecular weight is 320 g/mol. The number of rotatable bonds is 0. The van der Waals surface area contributed by atoms with Crippen LogP contribution in [-0.2, 0) is 23.2 Å². The second-order valence-corrected chi connectivity index (χ2v) is 6.87. The van der Waals surface area contributed by atoms with E-state index in [9.17, 15) is 9.18 Å². The molecule has 3 aromatic rings. The first kappa shape index (κ1) is 13.8. The van der Waals surface area contributed by atoms with Crippen LogP contribution in [0.4, 0.5) is 4.39 Å². The van der Waals surface area contributed by atoms with E-state index in [4.69, 9.17) is 0 Å². The predicted molar refractivity (Wildman–Crippen MR) is 90.3 cm³/mol. The molecule has 3 heterocycles. The molecule has 1 N–H and O–H groups in total. The molecule has 1 unspecified atom stereocenters. The van der Waals surface area contributed by atoms with Crippen LogP contribution in [0.25, 0.3) is 10.9 Å². The van der Waals surface area contributed by atoms with Crippen molar-refractivity contribution in [3.63, 3.8) is 0 Å². The Hall–Kier alpha value is -2.62. The van der Waals surface area contributed by atoms with E-state index in [1.165, 1.54) is 17.0 Å². The first-order chi connectivity index (χ1) is 11.6. The largest absolute Gasteiger partial charge is 0.356 e. The summed E-state index contributed by atoms with van der Waals surface area (Å²) < 4.78 is 14.0. The monoisotopic (exact) mass is 320 g/mol. The van der Waals surface area contributed by atoms with Gasteiger partial charge >= 0.3 is 0 Å². The number of halogens is 1. The third-order valence-corrected chi connectivity index (χ3v) is 5.66. The van der Waals surface area contributed by atoms with E-state index in [0.29, 0.717) is 13.0 Å². The van der Waals surface area contributed by atoms with Crippen LogP contribution in [0.15, 0.2) is 42.5 Å². The standard InChI is InChI=1S/C20H17FN2O/c1-20-16-11-13(21)7-6-12(16)10-18(24)23(20)9-8-15-14-4-2-3-5-17(14)22-19(15)20/h2-7,11,22H,8-10H2,1H3. The van der Waals surface area contributed by atoms with E-state index in [1.54, 1.807) is 12.1 Å². The molecule has 1 amide bonds. The van der Waals surface area contributed by atoms with Crippen LogP contribution < -0.4 is 0 Å². The Bertz CT molecular complexity index is 1010. The molecule has 2 aliphatic rings. The average Bonchev–Trinajstić information content (AvgIpc) is 2.96. The number of fused-ring (bicyclic) bond motifs is 7. The first-order valence-corrected chi connectivity index (χ1v) is 8.28. The quantitative estimate of drug-likeness (QED) is 0.676. The molecule has 120 valence electrons. The number of nitrogens with one attached hydrogen (secondary N) is 1. The number of hydrogen-bond acceptors (Lipinski definition) is 1. The number of nitrogens with zero attached hydrogens (tertiary/aromatic N) is 1. The van der Waals surface area contributed by atoms with Crippen LogP contribution in [0.5, 0.6) is 0 Å². The fourth-order valence-electron chi connectivity index (χ4n) is 4.53. The Morgan fingerprint density at radius 1 is 1.21 bits per heavy atom. The summed E-state index contributed by atoms with van der Waals surface area (Å²) in [6.07, 6.45) is 1.17. The number of para-hydroxylation sites is 1. The summed E-state index contributed by atoms with van der Waals surface area (Å²) in [6, 6.07) is 13.0. The summed E-state index contributed by atoms with van der Waals surface area (Å²) in [5, 5.41) is 1.20. The van der Waals surface area contributed by atoms with E-state index >= 15 is 0 Å². The zero-order valence-corrected chi connectivity index (χ0v) is 13.4. The molecule has 5 rings (SSSR count). The van der Waals surface area contributed by atoms with Gasteiger partial charge in [-0.25, -0.2) is 4.39 Å². The smallest absolute Gasteiger partial charge is 0.228 e. The van der Waals surface area contributed by atoms with Gasteiger partial charge in [0.1, 0.15) is 11.4 Å². The Morgan fingerprint density at radius 3 is 2.92 bits per heavy atom. The third-order valence-electron chi connectivity index (χ3n) is 5.66. The van der Waals surface area contributed by atoms with Crippen molar-refractivity contribution in [2.24, 2.45) is 0 Å². The van der Waals surface area contributed by atoms with Gasteiger partial charge in [0, 0.05) is 23.1 Å². The molecule has 0 saturated carbocycles. The minimum atomic E-state index is -0.640. The van der Waals surface area contributed by atoms with Crippen molar-refractivity contribution in [1.82, 2.24) is 9.88 Å². The van der Waals surface area contributed by atoms with Crippen LogP contribution in [0.1, 0.15) is 29.3 Å². The lowest BCUT2D eigenvalue weighted by molar-refractivity contribution is -0.137. The van der Waals surface area contributed by atoms with Crippen molar-refractivity contribution in [2.75, 3.05) is 6.54 Å². The van der Waals surface area contributed by atoms with Crippen molar-refractivity contribution in [3.05, 3.63) is 70.7 Å². The van der Waals surface area contributed by atoms with Crippen LogP contribution in [0.2, 0.25) is 0 Å². The van der Waals surface area contributed by atoms with Crippen molar-refractivity contribution < 1.29 is 9.18 Å². The van der Waals surface area contributed by atoms with Crippen molar-refractivity contribution >= 4 is 16.8 Å². The molecule has 2 aliphatic heterocycles. The normalized spacial score (nSPS) is 22.2. The Morgan fingerprint density at radius 2 is 2.04 bits per heavy atom. The zero-order chi connectivity index (χ0) is 16.5. The number of hydrogen-bond donors (Lipinski definition) is 1. The number of benzene rings is 2. The van der Waals surface area contributed by atoms with E-state index < -0.39 is 5.54 Å². The van der Waals surface area contributed by atoms with Gasteiger partial charge in [0.05, 0.1) is 6.42 Å². The highest BCUT2D eigenvalue weighted by Gasteiger charge is 2.48. The van der Waals surface area contributed by atoms with Crippen LogP contribution in [0.3, 0.4) is 0 Å². The highest BCUT2D eigenvalue weighted by Crippen LogP contribution is 2.46. The van der Waals surface area contributed by atoms with Gasteiger partial charge < -0.3 is 9.88 Å². The molecule has 0 bridgehead atoms. The predicted octanol–water partition coefficient (Wildman–Crippen LogP) is 3.51. The summed E-state index contributed by atoms with van der Waals surface area (Å²) in [5.41, 5.74) is 4.52. The molecule has 0 radical (unpaired) electrons. The maximum atomic E-state index is 14.0. The van der Waals surface area contributed by atoms with Crippen molar-refractivity contribution in [2.45, 2.75) is 25.3 Å². The molecular weight excluding hydrogens is 303 g/mol. The highest BCUT2D eigenvalue weighted by atomic mass is 19.1. The topological polar surface area (TPSA) is 36.1 Å². The molecule has 24 heavy (non-hydrogen) atoms. The maximum absolute atomic E-state index is 14.0. The van der Waals surface area contributed by atoms with E-state index in [1.807, 2.05) is 24.0 Å². The summed E-state index contributed by atoms with van der Waals surface area (Å²) in [7, 11) is 0. The fourth-order valence-corrected chi connectivity index (χ4v) is 4.53. The van der Waals surface area contributed by atoms with Crippen molar-refractivity contribution in [1.29, 1.82) is 0 Å². The van der Waals surface area contributed by atoms with Crippen LogP contribution in [-0.4, -0.2) is 22.3 Å². The Balaban J connectivity index is 1.87. The van der Waals surface area contributed by atoms with Gasteiger partial charge in [-0.1, -0.05) is 24.3 Å².